The first kappa shape index (κ1) is 19.2. The zero-order chi connectivity index (χ0) is 15.9. The van der Waals surface area contributed by atoms with Crippen LogP contribution in [0.3, 0.4) is 0 Å². The van der Waals surface area contributed by atoms with Gasteiger partial charge < -0.3 is 24.7 Å². The van der Waals surface area contributed by atoms with Crippen molar-refractivity contribution in [2.24, 2.45) is 5.73 Å². The fourth-order valence-electron chi connectivity index (χ4n) is 1.52. The van der Waals surface area contributed by atoms with Crippen molar-refractivity contribution >= 4 is 11.9 Å². The fourth-order valence-corrected chi connectivity index (χ4v) is 2.14. The van der Waals surface area contributed by atoms with E-state index < -0.39 is 0 Å². The summed E-state index contributed by atoms with van der Waals surface area (Å²) in [6, 6.07) is 7.90. The molecule has 6 nitrogen and oxygen atoms in total. The molecule has 0 aliphatic carbocycles. The van der Waals surface area contributed by atoms with Gasteiger partial charge in [-0.25, -0.2) is 0 Å². The lowest BCUT2D eigenvalue weighted by Gasteiger charge is -2.07. The predicted molar refractivity (Wildman–Crippen MR) is 88.4 cm³/mol. The number of nitrogens with two attached hydrogens (primary N) is 1. The number of nitrogens with one attached hydrogen (secondary N) is 1. The van der Waals surface area contributed by atoms with Gasteiger partial charge in [-0.3, -0.25) is 4.72 Å². The lowest BCUT2D eigenvalue weighted by molar-refractivity contribution is 0.0172. The molecule has 3 N–H and O–H groups in total. The first-order valence-electron chi connectivity index (χ1n) is 7.34. The normalized spacial score (nSPS) is 10.8. The van der Waals surface area contributed by atoms with Gasteiger partial charge >= 0.3 is 0 Å². The summed E-state index contributed by atoms with van der Waals surface area (Å²) in [6.45, 7) is 4.88. The molecule has 0 aliphatic heterocycles. The fraction of sp³-hybridized carbons (Fsp3) is 0.600. The van der Waals surface area contributed by atoms with Crippen molar-refractivity contribution in [2.45, 2.75) is 4.90 Å². The van der Waals surface area contributed by atoms with E-state index in [1.165, 1.54) is 0 Å². The molecule has 0 aromatic heterocycles. The monoisotopic (exact) mass is 330 g/mol. The Balaban J connectivity index is 1.85. The average Bonchev–Trinajstić information content (AvgIpc) is 2.56. The number of benzene rings is 1. The molecule has 1 aromatic carbocycles. The summed E-state index contributed by atoms with van der Waals surface area (Å²) >= 11 is 1.58. The Morgan fingerprint density at radius 3 is 2.09 bits per heavy atom. The molecule has 0 saturated carbocycles. The number of hydrogen-bond donors (Lipinski definition) is 2. The van der Waals surface area contributed by atoms with E-state index in [9.17, 15) is 0 Å². The molecule has 0 radical (unpaired) electrons. The third kappa shape index (κ3) is 9.99. The van der Waals surface area contributed by atoms with Crippen LogP contribution in [-0.4, -0.2) is 59.8 Å². The third-order valence-corrected chi connectivity index (χ3v) is 3.46. The standard InChI is InChI=1S/C15H26N2O4S/c1-18-14-2-4-15(5-3-14)22-17-7-9-20-11-13-21-12-10-19-8-6-16/h2-5,17H,6-13,16H2,1H3. The summed E-state index contributed by atoms with van der Waals surface area (Å²) in [5, 5.41) is 0. The molecule has 0 fully saturated rings. The van der Waals surface area contributed by atoms with Crippen LogP contribution in [-0.2, 0) is 14.2 Å². The van der Waals surface area contributed by atoms with Crippen LogP contribution in [0.4, 0.5) is 0 Å². The minimum Gasteiger partial charge on any atom is -0.497 e. The molecule has 0 saturated heterocycles. The van der Waals surface area contributed by atoms with Gasteiger partial charge in [-0.15, -0.1) is 0 Å². The molecule has 126 valence electrons. The minimum absolute atomic E-state index is 0.546. The molecule has 1 aromatic rings. The summed E-state index contributed by atoms with van der Waals surface area (Å²) in [4.78, 5) is 1.14. The maximum absolute atomic E-state index is 5.45. The van der Waals surface area contributed by atoms with Crippen LogP contribution in [0.15, 0.2) is 29.2 Å². The Morgan fingerprint density at radius 1 is 0.909 bits per heavy atom. The second-order valence-electron chi connectivity index (χ2n) is 4.30. The molecule has 0 spiro atoms. The highest BCUT2D eigenvalue weighted by Crippen LogP contribution is 2.18. The Labute approximate surface area is 136 Å². The van der Waals surface area contributed by atoms with Crippen molar-refractivity contribution in [3.63, 3.8) is 0 Å². The topological polar surface area (TPSA) is 75.0 Å². The van der Waals surface area contributed by atoms with Crippen LogP contribution >= 0.6 is 11.9 Å². The van der Waals surface area contributed by atoms with E-state index in [-0.39, 0.29) is 0 Å². The van der Waals surface area contributed by atoms with Gasteiger partial charge in [0.15, 0.2) is 0 Å². The van der Waals surface area contributed by atoms with E-state index in [0.29, 0.717) is 46.2 Å². The number of hydrogen-bond acceptors (Lipinski definition) is 7. The lowest BCUT2D eigenvalue weighted by Crippen LogP contribution is -2.16. The van der Waals surface area contributed by atoms with Gasteiger partial charge in [-0.1, -0.05) is 0 Å². The van der Waals surface area contributed by atoms with E-state index in [4.69, 9.17) is 24.7 Å². The van der Waals surface area contributed by atoms with Crippen LogP contribution in [0, 0.1) is 0 Å². The lowest BCUT2D eigenvalue weighted by atomic mass is 10.3. The first-order chi connectivity index (χ1) is 10.9. The van der Waals surface area contributed by atoms with Crippen molar-refractivity contribution in [1.82, 2.24) is 4.72 Å². The van der Waals surface area contributed by atoms with E-state index in [2.05, 4.69) is 4.72 Å². The molecular formula is C15H26N2O4S. The highest BCUT2D eigenvalue weighted by Gasteiger charge is 1.95. The van der Waals surface area contributed by atoms with Gasteiger partial charge in [0.1, 0.15) is 5.75 Å². The second-order valence-corrected chi connectivity index (χ2v) is 5.26. The average molecular weight is 330 g/mol. The van der Waals surface area contributed by atoms with Crippen LogP contribution in [0.5, 0.6) is 5.75 Å². The molecule has 0 unspecified atom stereocenters. The maximum atomic E-state index is 5.45. The summed E-state index contributed by atoms with van der Waals surface area (Å²) in [6.07, 6.45) is 0. The van der Waals surface area contributed by atoms with Crippen molar-refractivity contribution in [3.8, 4) is 5.75 Å². The van der Waals surface area contributed by atoms with Gasteiger partial charge in [0.2, 0.25) is 0 Å². The van der Waals surface area contributed by atoms with E-state index in [0.717, 1.165) is 17.2 Å². The van der Waals surface area contributed by atoms with Gasteiger partial charge in [-0.05, 0) is 36.2 Å². The molecular weight excluding hydrogens is 304 g/mol. The Morgan fingerprint density at radius 2 is 1.50 bits per heavy atom. The molecule has 0 bridgehead atoms. The van der Waals surface area contributed by atoms with E-state index >= 15 is 0 Å². The molecule has 22 heavy (non-hydrogen) atoms. The Kier molecular flexibility index (Phi) is 12.1. The minimum atomic E-state index is 0.546. The number of rotatable bonds is 14. The van der Waals surface area contributed by atoms with Gasteiger partial charge in [0.05, 0.1) is 46.8 Å². The van der Waals surface area contributed by atoms with Crippen molar-refractivity contribution in [2.75, 3.05) is 59.8 Å². The van der Waals surface area contributed by atoms with Crippen molar-refractivity contribution in [1.29, 1.82) is 0 Å². The summed E-state index contributed by atoms with van der Waals surface area (Å²) in [5.74, 6) is 0.862. The second kappa shape index (κ2) is 13.8. The zero-order valence-corrected chi connectivity index (χ0v) is 13.9. The summed E-state index contributed by atoms with van der Waals surface area (Å²) < 4.78 is 24.3. The predicted octanol–water partition coefficient (Wildman–Crippen LogP) is 1.30. The van der Waals surface area contributed by atoms with E-state index in [1.54, 1.807) is 19.1 Å². The van der Waals surface area contributed by atoms with Crippen LogP contribution < -0.4 is 15.2 Å². The van der Waals surface area contributed by atoms with Gasteiger partial charge in [0.25, 0.3) is 0 Å². The highest BCUT2D eigenvalue weighted by molar-refractivity contribution is 7.97. The first-order valence-corrected chi connectivity index (χ1v) is 8.15. The highest BCUT2D eigenvalue weighted by atomic mass is 32.2. The van der Waals surface area contributed by atoms with Crippen molar-refractivity contribution in [3.05, 3.63) is 24.3 Å². The maximum Gasteiger partial charge on any atom is 0.118 e. The van der Waals surface area contributed by atoms with E-state index in [1.807, 2.05) is 24.3 Å². The molecule has 0 atom stereocenters. The Hall–Kier alpha value is -0.830. The van der Waals surface area contributed by atoms with Gasteiger partial charge in [-0.2, -0.15) is 0 Å². The Bertz CT molecular complexity index is 365. The quantitative estimate of drug-likeness (QED) is 0.393. The molecule has 1 rings (SSSR count). The van der Waals surface area contributed by atoms with Crippen molar-refractivity contribution < 1.29 is 18.9 Å². The molecule has 0 aliphatic rings. The zero-order valence-electron chi connectivity index (χ0n) is 13.1. The van der Waals surface area contributed by atoms with Crippen LogP contribution in [0.1, 0.15) is 0 Å². The third-order valence-electron chi connectivity index (χ3n) is 2.60. The molecule has 0 heterocycles. The van der Waals surface area contributed by atoms with Crippen LogP contribution in [0.2, 0.25) is 0 Å². The summed E-state index contributed by atoms with van der Waals surface area (Å²) in [5.41, 5.74) is 5.30. The van der Waals surface area contributed by atoms with Crippen LogP contribution in [0.25, 0.3) is 0 Å². The summed E-state index contributed by atoms with van der Waals surface area (Å²) in [7, 11) is 1.66. The van der Waals surface area contributed by atoms with Gasteiger partial charge in [0, 0.05) is 18.0 Å². The molecule has 7 heteroatoms. The smallest absolute Gasteiger partial charge is 0.118 e. The number of ether oxygens (including phenoxy) is 4. The number of methoxy groups -OCH3 is 1. The largest absolute Gasteiger partial charge is 0.497 e. The molecule has 0 amide bonds. The SMILES string of the molecule is COc1ccc(SNCCOCCOCCOCCN)cc1.